The lowest BCUT2D eigenvalue weighted by molar-refractivity contribution is -0.118. The highest BCUT2D eigenvalue weighted by molar-refractivity contribution is 8.00. The summed E-state index contributed by atoms with van der Waals surface area (Å²) >= 11 is 1.57. The maximum atomic E-state index is 11.8. The van der Waals surface area contributed by atoms with Gasteiger partial charge in [-0.1, -0.05) is 26.0 Å². The van der Waals surface area contributed by atoms with Gasteiger partial charge >= 0.3 is 0 Å². The van der Waals surface area contributed by atoms with E-state index in [-0.39, 0.29) is 24.4 Å². The summed E-state index contributed by atoms with van der Waals surface area (Å²) in [5, 5.41) is 2.92. The number of rotatable bonds is 7. The standard InChI is InChI=1S/C16H24N2OS.ClH/c1-11(2)12-5-7-14(8-6-12)20-10-16(19)18-9-15(17)13-3-4-13;/h5-8,11,13,15H,3-4,9-10,17H2,1-2H3,(H,18,19);1H. The summed E-state index contributed by atoms with van der Waals surface area (Å²) in [4.78, 5) is 12.9. The minimum atomic E-state index is 0. The molecule has 1 amide bonds. The van der Waals surface area contributed by atoms with E-state index in [1.54, 1.807) is 11.8 Å². The second-order valence-corrected chi connectivity index (χ2v) is 6.87. The zero-order valence-electron chi connectivity index (χ0n) is 12.7. The first-order valence-electron chi connectivity index (χ1n) is 7.31. The van der Waals surface area contributed by atoms with Gasteiger partial charge in [-0.2, -0.15) is 0 Å². The minimum Gasteiger partial charge on any atom is -0.354 e. The number of hydrogen-bond donors (Lipinski definition) is 2. The number of halogens is 1. The normalized spacial score (nSPS) is 15.4. The molecule has 0 spiro atoms. The van der Waals surface area contributed by atoms with Crippen molar-refractivity contribution in [1.82, 2.24) is 5.32 Å². The van der Waals surface area contributed by atoms with Crippen LogP contribution >= 0.6 is 24.2 Å². The highest BCUT2D eigenvalue weighted by Gasteiger charge is 2.28. The molecule has 3 nitrogen and oxygen atoms in total. The molecule has 5 heteroatoms. The third-order valence-corrected chi connectivity index (χ3v) is 4.69. The van der Waals surface area contributed by atoms with Crippen molar-refractivity contribution in [1.29, 1.82) is 0 Å². The predicted molar refractivity (Wildman–Crippen MR) is 92.2 cm³/mol. The first-order valence-corrected chi connectivity index (χ1v) is 8.30. The molecule has 118 valence electrons. The van der Waals surface area contributed by atoms with Crippen LogP contribution in [0.2, 0.25) is 0 Å². The molecule has 0 saturated heterocycles. The molecule has 1 atom stereocenters. The summed E-state index contributed by atoms with van der Waals surface area (Å²) in [6, 6.07) is 8.57. The van der Waals surface area contributed by atoms with Crippen molar-refractivity contribution < 1.29 is 4.79 Å². The first-order chi connectivity index (χ1) is 9.56. The average Bonchev–Trinajstić information content (AvgIpc) is 3.27. The van der Waals surface area contributed by atoms with Crippen molar-refractivity contribution in [2.75, 3.05) is 12.3 Å². The molecule has 3 N–H and O–H groups in total. The van der Waals surface area contributed by atoms with E-state index in [4.69, 9.17) is 5.73 Å². The Labute approximate surface area is 137 Å². The Morgan fingerprint density at radius 1 is 1.33 bits per heavy atom. The summed E-state index contributed by atoms with van der Waals surface area (Å²) in [6.07, 6.45) is 2.43. The van der Waals surface area contributed by atoms with Crippen LogP contribution < -0.4 is 11.1 Å². The molecular weight excluding hydrogens is 304 g/mol. The van der Waals surface area contributed by atoms with Crippen molar-refractivity contribution in [3.05, 3.63) is 29.8 Å². The molecule has 1 aromatic carbocycles. The van der Waals surface area contributed by atoms with Crippen LogP contribution in [0.1, 0.15) is 38.2 Å². The Kier molecular flexibility index (Phi) is 7.57. The Balaban J connectivity index is 0.00000220. The minimum absolute atomic E-state index is 0. The van der Waals surface area contributed by atoms with Crippen molar-refractivity contribution in [2.24, 2.45) is 11.7 Å². The lowest BCUT2D eigenvalue weighted by atomic mass is 10.0. The van der Waals surface area contributed by atoms with E-state index >= 15 is 0 Å². The zero-order valence-corrected chi connectivity index (χ0v) is 14.3. The van der Waals surface area contributed by atoms with Gasteiger partial charge in [0.1, 0.15) is 0 Å². The Bertz CT molecular complexity index is 446. The monoisotopic (exact) mass is 328 g/mol. The Hall–Kier alpha value is -0.710. The van der Waals surface area contributed by atoms with E-state index in [0.29, 0.717) is 24.1 Å². The Morgan fingerprint density at radius 3 is 2.48 bits per heavy atom. The fourth-order valence-corrected chi connectivity index (χ4v) is 2.80. The van der Waals surface area contributed by atoms with Crippen molar-refractivity contribution in [2.45, 2.75) is 43.5 Å². The third-order valence-electron chi connectivity index (χ3n) is 3.68. The molecule has 1 aliphatic carbocycles. The SMILES string of the molecule is CC(C)c1ccc(SCC(=O)NCC(N)C2CC2)cc1.Cl. The van der Waals surface area contributed by atoms with Gasteiger partial charge in [-0.05, 0) is 42.4 Å². The predicted octanol–water partition coefficient (Wildman–Crippen LogP) is 3.18. The fourth-order valence-electron chi connectivity index (χ4n) is 2.07. The van der Waals surface area contributed by atoms with Gasteiger partial charge in [0.2, 0.25) is 5.91 Å². The molecule has 0 heterocycles. The molecule has 1 saturated carbocycles. The van der Waals surface area contributed by atoms with E-state index in [9.17, 15) is 4.79 Å². The smallest absolute Gasteiger partial charge is 0.230 e. The van der Waals surface area contributed by atoms with Crippen molar-refractivity contribution >= 4 is 30.1 Å². The highest BCUT2D eigenvalue weighted by atomic mass is 35.5. The summed E-state index contributed by atoms with van der Waals surface area (Å²) in [6.45, 7) is 4.97. The van der Waals surface area contributed by atoms with Gasteiger partial charge in [0, 0.05) is 17.5 Å². The molecule has 1 aliphatic rings. The van der Waals surface area contributed by atoms with Gasteiger partial charge in [0.15, 0.2) is 0 Å². The molecular formula is C16H25ClN2OS. The molecule has 1 aromatic rings. The first kappa shape index (κ1) is 18.3. The van der Waals surface area contributed by atoms with E-state index in [0.717, 1.165) is 4.90 Å². The van der Waals surface area contributed by atoms with E-state index in [2.05, 4.69) is 43.4 Å². The number of benzene rings is 1. The quantitative estimate of drug-likeness (QED) is 0.756. The van der Waals surface area contributed by atoms with Gasteiger partial charge in [0.05, 0.1) is 5.75 Å². The number of nitrogens with two attached hydrogens (primary N) is 1. The van der Waals surface area contributed by atoms with Gasteiger partial charge < -0.3 is 11.1 Å². The second-order valence-electron chi connectivity index (χ2n) is 5.82. The van der Waals surface area contributed by atoms with Crippen LogP contribution in [0.15, 0.2) is 29.2 Å². The highest BCUT2D eigenvalue weighted by Crippen LogP contribution is 2.31. The van der Waals surface area contributed by atoms with E-state index in [1.165, 1.54) is 18.4 Å². The topological polar surface area (TPSA) is 55.1 Å². The largest absolute Gasteiger partial charge is 0.354 e. The molecule has 0 bridgehead atoms. The number of amides is 1. The van der Waals surface area contributed by atoms with E-state index < -0.39 is 0 Å². The Morgan fingerprint density at radius 2 is 1.95 bits per heavy atom. The molecule has 21 heavy (non-hydrogen) atoms. The van der Waals surface area contributed by atoms with Gasteiger partial charge in [-0.3, -0.25) is 4.79 Å². The molecule has 0 radical (unpaired) electrons. The van der Waals surface area contributed by atoms with Gasteiger partial charge in [-0.25, -0.2) is 0 Å². The number of thioether (sulfide) groups is 1. The molecule has 1 fully saturated rings. The van der Waals surface area contributed by atoms with Crippen LogP contribution in [0, 0.1) is 5.92 Å². The molecule has 2 rings (SSSR count). The van der Waals surface area contributed by atoms with Crippen LogP contribution in [-0.4, -0.2) is 24.2 Å². The average molecular weight is 329 g/mol. The summed E-state index contributed by atoms with van der Waals surface area (Å²) in [5.41, 5.74) is 7.29. The number of carbonyl (C=O) groups is 1. The summed E-state index contributed by atoms with van der Waals surface area (Å²) in [5.74, 6) is 1.70. The number of hydrogen-bond acceptors (Lipinski definition) is 3. The number of carbonyl (C=O) groups excluding carboxylic acids is 1. The molecule has 0 aromatic heterocycles. The second kappa shape index (κ2) is 8.66. The lowest BCUT2D eigenvalue weighted by Crippen LogP contribution is -2.39. The van der Waals surface area contributed by atoms with Crippen LogP contribution in [0.4, 0.5) is 0 Å². The van der Waals surface area contributed by atoms with Crippen LogP contribution in [-0.2, 0) is 4.79 Å². The summed E-state index contributed by atoms with van der Waals surface area (Å²) in [7, 11) is 0. The van der Waals surface area contributed by atoms with Crippen molar-refractivity contribution in [3.8, 4) is 0 Å². The maximum absolute atomic E-state index is 11.8. The van der Waals surface area contributed by atoms with Crippen LogP contribution in [0.25, 0.3) is 0 Å². The number of nitrogens with one attached hydrogen (secondary N) is 1. The van der Waals surface area contributed by atoms with Crippen LogP contribution in [0.3, 0.4) is 0 Å². The summed E-state index contributed by atoms with van der Waals surface area (Å²) < 4.78 is 0. The lowest BCUT2D eigenvalue weighted by Gasteiger charge is -2.11. The zero-order chi connectivity index (χ0) is 14.5. The fraction of sp³-hybridized carbons (Fsp3) is 0.562. The van der Waals surface area contributed by atoms with Crippen molar-refractivity contribution in [3.63, 3.8) is 0 Å². The van der Waals surface area contributed by atoms with Crippen LogP contribution in [0.5, 0.6) is 0 Å². The van der Waals surface area contributed by atoms with E-state index in [1.807, 2.05) is 0 Å². The third kappa shape index (κ3) is 6.29. The van der Waals surface area contributed by atoms with Gasteiger partial charge in [-0.15, -0.1) is 24.2 Å². The molecule has 1 unspecified atom stereocenters. The molecule has 0 aliphatic heterocycles. The maximum Gasteiger partial charge on any atom is 0.230 e. The van der Waals surface area contributed by atoms with Gasteiger partial charge in [0.25, 0.3) is 0 Å².